The summed E-state index contributed by atoms with van der Waals surface area (Å²) in [7, 11) is 2.08. The molecular weight excluding hydrogens is 338 g/mol. The van der Waals surface area contributed by atoms with Crippen molar-refractivity contribution >= 4 is 22.6 Å². The summed E-state index contributed by atoms with van der Waals surface area (Å²) >= 11 is 0. The van der Waals surface area contributed by atoms with Crippen LogP contribution in [0.2, 0.25) is 0 Å². The van der Waals surface area contributed by atoms with Crippen LogP contribution in [0.5, 0.6) is 0 Å². The number of H-pyrrole nitrogens is 1. The number of hydrogen-bond acceptors (Lipinski definition) is 4. The first-order valence-corrected chi connectivity index (χ1v) is 9.19. The molecule has 0 spiro atoms. The van der Waals surface area contributed by atoms with E-state index < -0.39 is 0 Å². The Bertz CT molecular complexity index is 965. The molecule has 1 aliphatic heterocycles. The molecule has 1 atom stereocenters. The summed E-state index contributed by atoms with van der Waals surface area (Å²) in [5.74, 6) is 0.00572. The Kier molecular flexibility index (Phi) is 4.62. The number of fused-ring (bicyclic) bond motifs is 1. The Balaban J connectivity index is 1.63. The molecular formula is C21H23N5O. The van der Waals surface area contributed by atoms with E-state index in [1.165, 1.54) is 6.08 Å². The van der Waals surface area contributed by atoms with Crippen molar-refractivity contribution in [1.29, 1.82) is 0 Å². The average molecular weight is 361 g/mol. The van der Waals surface area contributed by atoms with Crippen LogP contribution in [-0.2, 0) is 4.79 Å². The van der Waals surface area contributed by atoms with Gasteiger partial charge in [0.25, 0.3) is 0 Å². The molecule has 4 rings (SSSR count). The number of likely N-dealkylation sites (tertiary alicyclic amines) is 1. The Labute approximate surface area is 158 Å². The van der Waals surface area contributed by atoms with Crippen molar-refractivity contribution < 1.29 is 4.79 Å². The van der Waals surface area contributed by atoms with Crippen LogP contribution in [-0.4, -0.2) is 51.9 Å². The summed E-state index contributed by atoms with van der Waals surface area (Å²) in [5.41, 5.74) is 4.06. The van der Waals surface area contributed by atoms with Gasteiger partial charge in [-0.25, -0.2) is 4.98 Å². The number of nitrogens with one attached hydrogen (secondary N) is 1. The van der Waals surface area contributed by atoms with E-state index in [9.17, 15) is 4.79 Å². The number of aromatic nitrogens is 3. The highest BCUT2D eigenvalue weighted by atomic mass is 16.2. The van der Waals surface area contributed by atoms with E-state index in [1.54, 1.807) is 6.20 Å². The lowest BCUT2D eigenvalue weighted by Crippen LogP contribution is -2.48. The first-order chi connectivity index (χ1) is 13.2. The lowest BCUT2D eigenvalue weighted by Gasteiger charge is -2.38. The highest BCUT2D eigenvalue weighted by molar-refractivity contribution is 5.95. The standard InChI is InChI=1S/C21H23N5O/c1-3-20(27)26-9-5-7-16(14-26)25(2)17-10-18-19(13-24-21(18)23-12-17)15-6-4-8-22-11-15/h3-4,6,8,10-13,16H,1,5,7,9,14H2,2H3,(H,23,24)/t16-/m0/s1. The number of amides is 1. The number of nitrogens with zero attached hydrogens (tertiary/aromatic N) is 4. The Morgan fingerprint density at radius 3 is 3.11 bits per heavy atom. The maximum atomic E-state index is 12.0. The number of rotatable bonds is 4. The number of piperidine rings is 1. The molecule has 6 heteroatoms. The van der Waals surface area contributed by atoms with Gasteiger partial charge in [0.15, 0.2) is 0 Å². The van der Waals surface area contributed by atoms with Gasteiger partial charge in [-0.3, -0.25) is 9.78 Å². The fraction of sp³-hybridized carbons (Fsp3) is 0.286. The van der Waals surface area contributed by atoms with Gasteiger partial charge in [-0.05, 0) is 31.1 Å². The van der Waals surface area contributed by atoms with E-state index in [0.29, 0.717) is 6.54 Å². The van der Waals surface area contributed by atoms with Crippen molar-refractivity contribution in [1.82, 2.24) is 19.9 Å². The number of carbonyl (C=O) groups excluding carboxylic acids is 1. The molecule has 0 radical (unpaired) electrons. The van der Waals surface area contributed by atoms with Crippen molar-refractivity contribution in [2.24, 2.45) is 0 Å². The third kappa shape index (κ3) is 3.30. The Morgan fingerprint density at radius 1 is 1.44 bits per heavy atom. The van der Waals surface area contributed by atoms with Crippen LogP contribution in [0.25, 0.3) is 22.2 Å². The minimum absolute atomic E-state index is 0.00572. The lowest BCUT2D eigenvalue weighted by atomic mass is 10.0. The largest absolute Gasteiger partial charge is 0.369 e. The summed E-state index contributed by atoms with van der Waals surface area (Å²) in [5, 5.41) is 1.07. The zero-order valence-electron chi connectivity index (χ0n) is 15.4. The second-order valence-electron chi connectivity index (χ2n) is 6.93. The van der Waals surface area contributed by atoms with Gasteiger partial charge in [0, 0.05) is 61.3 Å². The fourth-order valence-corrected chi connectivity index (χ4v) is 3.76. The van der Waals surface area contributed by atoms with Gasteiger partial charge in [0.1, 0.15) is 5.65 Å². The molecule has 1 saturated heterocycles. The zero-order valence-corrected chi connectivity index (χ0v) is 15.4. The smallest absolute Gasteiger partial charge is 0.246 e. The molecule has 4 heterocycles. The highest BCUT2D eigenvalue weighted by Gasteiger charge is 2.25. The van der Waals surface area contributed by atoms with Gasteiger partial charge in [-0.15, -0.1) is 0 Å². The van der Waals surface area contributed by atoms with E-state index >= 15 is 0 Å². The van der Waals surface area contributed by atoms with Gasteiger partial charge in [0.2, 0.25) is 5.91 Å². The van der Waals surface area contributed by atoms with Crippen molar-refractivity contribution in [3.05, 3.63) is 55.6 Å². The average Bonchev–Trinajstić information content (AvgIpc) is 3.16. The molecule has 0 aromatic carbocycles. The molecule has 3 aromatic heterocycles. The topological polar surface area (TPSA) is 65.1 Å². The summed E-state index contributed by atoms with van der Waals surface area (Å²) in [6.07, 6.45) is 10.9. The summed E-state index contributed by atoms with van der Waals surface area (Å²) < 4.78 is 0. The predicted octanol–water partition coefficient (Wildman–Crippen LogP) is 3.24. The highest BCUT2D eigenvalue weighted by Crippen LogP contribution is 2.31. The van der Waals surface area contributed by atoms with Crippen LogP contribution in [0.1, 0.15) is 12.8 Å². The molecule has 0 unspecified atom stereocenters. The molecule has 1 amide bonds. The molecule has 3 aromatic rings. The first-order valence-electron chi connectivity index (χ1n) is 9.19. The number of hydrogen-bond donors (Lipinski definition) is 1. The van der Waals surface area contributed by atoms with Crippen molar-refractivity contribution in [2.75, 3.05) is 25.0 Å². The summed E-state index contributed by atoms with van der Waals surface area (Å²) in [6, 6.07) is 6.41. The maximum Gasteiger partial charge on any atom is 0.246 e. The Morgan fingerprint density at radius 2 is 2.33 bits per heavy atom. The second kappa shape index (κ2) is 7.23. The van der Waals surface area contributed by atoms with Crippen molar-refractivity contribution in [2.45, 2.75) is 18.9 Å². The molecule has 1 aliphatic rings. The van der Waals surface area contributed by atoms with E-state index in [-0.39, 0.29) is 11.9 Å². The van der Waals surface area contributed by atoms with Crippen molar-refractivity contribution in [3.8, 4) is 11.1 Å². The number of likely N-dealkylation sites (N-methyl/N-ethyl adjacent to an activating group) is 1. The van der Waals surface area contributed by atoms with Gasteiger partial charge in [-0.1, -0.05) is 12.6 Å². The molecule has 27 heavy (non-hydrogen) atoms. The quantitative estimate of drug-likeness (QED) is 0.725. The van der Waals surface area contributed by atoms with Gasteiger partial charge < -0.3 is 14.8 Å². The van der Waals surface area contributed by atoms with Crippen molar-refractivity contribution in [3.63, 3.8) is 0 Å². The van der Waals surface area contributed by atoms with Crippen LogP contribution < -0.4 is 4.90 Å². The second-order valence-corrected chi connectivity index (χ2v) is 6.93. The molecule has 0 bridgehead atoms. The van der Waals surface area contributed by atoms with Crippen LogP contribution >= 0.6 is 0 Å². The summed E-state index contributed by atoms with van der Waals surface area (Å²) in [4.78, 5) is 28.1. The van der Waals surface area contributed by atoms with E-state index in [1.807, 2.05) is 35.6 Å². The monoisotopic (exact) mass is 361 g/mol. The molecule has 6 nitrogen and oxygen atoms in total. The predicted molar refractivity (Wildman–Crippen MR) is 108 cm³/mol. The molecule has 0 saturated carbocycles. The van der Waals surface area contributed by atoms with Gasteiger partial charge >= 0.3 is 0 Å². The Hall–Kier alpha value is -3.15. The summed E-state index contributed by atoms with van der Waals surface area (Å²) in [6.45, 7) is 5.12. The minimum atomic E-state index is 0.00572. The molecule has 1 fully saturated rings. The number of aromatic amines is 1. The van der Waals surface area contributed by atoms with Crippen LogP contribution in [0, 0.1) is 0 Å². The van der Waals surface area contributed by atoms with E-state index in [4.69, 9.17) is 0 Å². The van der Waals surface area contributed by atoms with E-state index in [2.05, 4.69) is 39.5 Å². The van der Waals surface area contributed by atoms with Gasteiger partial charge in [-0.2, -0.15) is 0 Å². The van der Waals surface area contributed by atoms with Gasteiger partial charge in [0.05, 0.1) is 11.9 Å². The third-order valence-electron chi connectivity index (χ3n) is 5.33. The first kappa shape index (κ1) is 17.3. The van der Waals surface area contributed by atoms with Crippen LogP contribution in [0.15, 0.2) is 55.6 Å². The van der Waals surface area contributed by atoms with Crippen LogP contribution in [0.4, 0.5) is 5.69 Å². The fourth-order valence-electron chi connectivity index (χ4n) is 3.76. The number of pyridine rings is 2. The zero-order chi connectivity index (χ0) is 18.8. The molecule has 1 N–H and O–H groups in total. The minimum Gasteiger partial charge on any atom is -0.369 e. The number of carbonyl (C=O) groups is 1. The molecule has 138 valence electrons. The number of anilines is 1. The SMILES string of the molecule is C=CC(=O)N1CCC[C@H](N(C)c2cnc3[nH]cc(-c4cccnc4)c3c2)C1. The maximum absolute atomic E-state index is 12.0. The third-order valence-corrected chi connectivity index (χ3v) is 5.33. The van der Waals surface area contributed by atoms with Crippen LogP contribution in [0.3, 0.4) is 0 Å². The van der Waals surface area contributed by atoms with E-state index in [0.717, 1.165) is 47.2 Å². The molecule has 0 aliphatic carbocycles. The lowest BCUT2D eigenvalue weighted by molar-refractivity contribution is -0.127. The normalized spacial score (nSPS) is 17.1.